The number of rotatable bonds is 4. The minimum Gasteiger partial charge on any atom is -0.376 e. The number of anilines is 3. The van der Waals surface area contributed by atoms with Crippen LogP contribution in [0.5, 0.6) is 0 Å². The van der Waals surface area contributed by atoms with Crippen LogP contribution in [0, 0.1) is 6.92 Å². The summed E-state index contributed by atoms with van der Waals surface area (Å²) < 4.78 is 0. The van der Waals surface area contributed by atoms with Gasteiger partial charge in [-0.15, -0.1) is 0 Å². The highest BCUT2D eigenvalue weighted by molar-refractivity contribution is 6.30. The molecule has 0 atom stereocenters. The average molecular weight is 303 g/mol. The highest BCUT2D eigenvalue weighted by Gasteiger charge is 2.28. The van der Waals surface area contributed by atoms with Crippen molar-refractivity contribution in [1.82, 2.24) is 9.97 Å². The predicted octanol–water partition coefficient (Wildman–Crippen LogP) is 4.13. The van der Waals surface area contributed by atoms with Crippen LogP contribution in [0.3, 0.4) is 0 Å². The Morgan fingerprint density at radius 1 is 1.19 bits per heavy atom. The van der Waals surface area contributed by atoms with Crippen molar-refractivity contribution < 1.29 is 0 Å². The van der Waals surface area contributed by atoms with Gasteiger partial charge in [0, 0.05) is 25.6 Å². The van der Waals surface area contributed by atoms with E-state index in [1.807, 2.05) is 39.2 Å². The molecule has 110 valence electrons. The summed E-state index contributed by atoms with van der Waals surface area (Å²) in [5.74, 6) is 2.13. The van der Waals surface area contributed by atoms with E-state index in [-0.39, 0.29) is 0 Å². The van der Waals surface area contributed by atoms with E-state index < -0.39 is 0 Å². The molecule has 1 heterocycles. The van der Waals surface area contributed by atoms with Gasteiger partial charge in [0.2, 0.25) is 0 Å². The van der Waals surface area contributed by atoms with Gasteiger partial charge in [0.1, 0.15) is 16.8 Å². The number of hydrogen-bond donors (Lipinski definition) is 1. The molecule has 2 aromatic rings. The molecule has 1 fully saturated rings. The second-order valence-corrected chi connectivity index (χ2v) is 6.02. The smallest absolute Gasteiger partial charge is 0.138 e. The van der Waals surface area contributed by atoms with E-state index in [0.29, 0.717) is 11.1 Å². The Morgan fingerprint density at radius 2 is 1.90 bits per heavy atom. The van der Waals surface area contributed by atoms with Crippen molar-refractivity contribution >= 4 is 28.8 Å². The van der Waals surface area contributed by atoms with Crippen LogP contribution in [0.4, 0.5) is 17.2 Å². The third-order valence-electron chi connectivity index (χ3n) is 3.69. The molecule has 0 unspecified atom stereocenters. The number of aromatic nitrogens is 2. The maximum Gasteiger partial charge on any atom is 0.138 e. The van der Waals surface area contributed by atoms with E-state index in [2.05, 4.69) is 26.3 Å². The summed E-state index contributed by atoms with van der Waals surface area (Å²) in [7, 11) is 4.05. The molecule has 1 aliphatic rings. The highest BCUT2D eigenvalue weighted by atomic mass is 35.5. The Kier molecular flexibility index (Phi) is 3.72. The second kappa shape index (κ2) is 5.53. The maximum absolute atomic E-state index is 6.26. The maximum atomic E-state index is 6.26. The van der Waals surface area contributed by atoms with Crippen molar-refractivity contribution in [2.75, 3.05) is 24.3 Å². The number of para-hydroxylation sites is 2. The van der Waals surface area contributed by atoms with Crippen molar-refractivity contribution in [3.05, 3.63) is 40.8 Å². The molecule has 3 rings (SSSR count). The minimum absolute atomic E-state index is 0.479. The van der Waals surface area contributed by atoms with E-state index in [1.54, 1.807) is 0 Å². The SMILES string of the molecule is Cc1c(Cl)nc(C2CC2)nc1Nc1ccccc1N(C)C. The molecule has 1 aromatic heterocycles. The molecular formula is C16H19ClN4. The summed E-state index contributed by atoms with van der Waals surface area (Å²) in [6.07, 6.45) is 2.32. The second-order valence-electron chi connectivity index (χ2n) is 5.66. The van der Waals surface area contributed by atoms with Crippen molar-refractivity contribution in [2.45, 2.75) is 25.7 Å². The van der Waals surface area contributed by atoms with Gasteiger partial charge in [0.15, 0.2) is 0 Å². The topological polar surface area (TPSA) is 41.1 Å². The Hall–Kier alpha value is -1.81. The lowest BCUT2D eigenvalue weighted by Crippen LogP contribution is -2.11. The molecule has 1 saturated carbocycles. The van der Waals surface area contributed by atoms with E-state index in [0.717, 1.165) is 41.4 Å². The highest BCUT2D eigenvalue weighted by Crippen LogP contribution is 2.40. The summed E-state index contributed by atoms with van der Waals surface area (Å²) in [4.78, 5) is 11.1. The van der Waals surface area contributed by atoms with Crippen LogP contribution in [0.25, 0.3) is 0 Å². The third kappa shape index (κ3) is 2.95. The van der Waals surface area contributed by atoms with Gasteiger partial charge < -0.3 is 10.2 Å². The molecule has 5 heteroatoms. The number of hydrogen-bond acceptors (Lipinski definition) is 4. The molecule has 0 spiro atoms. The number of benzene rings is 1. The molecule has 1 N–H and O–H groups in total. The third-order valence-corrected chi connectivity index (χ3v) is 4.05. The van der Waals surface area contributed by atoms with E-state index in [9.17, 15) is 0 Å². The van der Waals surface area contributed by atoms with Crippen molar-refractivity contribution in [3.8, 4) is 0 Å². The van der Waals surface area contributed by atoms with Crippen molar-refractivity contribution in [2.24, 2.45) is 0 Å². The van der Waals surface area contributed by atoms with Gasteiger partial charge in [-0.3, -0.25) is 0 Å². The first-order valence-electron chi connectivity index (χ1n) is 7.13. The summed E-state index contributed by atoms with van der Waals surface area (Å²) >= 11 is 6.26. The molecule has 0 bridgehead atoms. The Labute approximate surface area is 130 Å². The van der Waals surface area contributed by atoms with E-state index in [1.165, 1.54) is 0 Å². The summed E-state index contributed by atoms with van der Waals surface area (Å²) in [5.41, 5.74) is 3.01. The average Bonchev–Trinajstić information content (AvgIpc) is 3.28. The van der Waals surface area contributed by atoms with Crippen molar-refractivity contribution in [3.63, 3.8) is 0 Å². The first-order chi connectivity index (χ1) is 10.1. The number of nitrogens with one attached hydrogen (secondary N) is 1. The van der Waals surface area contributed by atoms with Gasteiger partial charge in [-0.05, 0) is 31.9 Å². The molecule has 1 aliphatic carbocycles. The summed E-state index contributed by atoms with van der Waals surface area (Å²) in [5, 5.41) is 3.95. The standard InChI is InChI=1S/C16H19ClN4/c1-10-14(17)19-16(11-8-9-11)20-15(10)18-12-6-4-5-7-13(12)21(2)3/h4-7,11H,8-9H2,1-3H3,(H,18,19,20). The molecule has 21 heavy (non-hydrogen) atoms. The zero-order valence-corrected chi connectivity index (χ0v) is 13.3. The monoisotopic (exact) mass is 302 g/mol. The van der Waals surface area contributed by atoms with Gasteiger partial charge in [-0.2, -0.15) is 0 Å². The fraction of sp³-hybridized carbons (Fsp3) is 0.375. The van der Waals surface area contributed by atoms with Crippen LogP contribution in [0.15, 0.2) is 24.3 Å². The first-order valence-corrected chi connectivity index (χ1v) is 7.51. The fourth-order valence-corrected chi connectivity index (χ4v) is 2.42. The lowest BCUT2D eigenvalue weighted by molar-refractivity contribution is 0.921. The fourth-order valence-electron chi connectivity index (χ4n) is 2.25. The summed E-state index contributed by atoms with van der Waals surface area (Å²) in [6.45, 7) is 1.94. The van der Waals surface area contributed by atoms with E-state index in [4.69, 9.17) is 11.6 Å². The van der Waals surface area contributed by atoms with E-state index >= 15 is 0 Å². The zero-order valence-electron chi connectivity index (χ0n) is 12.5. The quantitative estimate of drug-likeness (QED) is 0.862. The first kappa shape index (κ1) is 14.1. The zero-order chi connectivity index (χ0) is 15.0. The van der Waals surface area contributed by atoms with Crippen LogP contribution >= 0.6 is 11.6 Å². The van der Waals surface area contributed by atoms with Crippen LogP contribution in [0.1, 0.15) is 30.1 Å². The van der Waals surface area contributed by atoms with Gasteiger partial charge >= 0.3 is 0 Å². The molecule has 0 saturated heterocycles. The lowest BCUT2D eigenvalue weighted by Gasteiger charge is -2.19. The molecule has 0 aliphatic heterocycles. The number of nitrogens with zero attached hydrogens (tertiary/aromatic N) is 3. The normalized spacial score (nSPS) is 14.1. The Morgan fingerprint density at radius 3 is 2.57 bits per heavy atom. The largest absolute Gasteiger partial charge is 0.376 e. The Bertz CT molecular complexity index is 665. The molecule has 4 nitrogen and oxygen atoms in total. The summed E-state index contributed by atoms with van der Waals surface area (Å²) in [6, 6.07) is 8.15. The molecule has 1 aromatic carbocycles. The van der Waals surface area contributed by atoms with Crippen molar-refractivity contribution in [1.29, 1.82) is 0 Å². The van der Waals surface area contributed by atoms with Gasteiger partial charge in [-0.25, -0.2) is 9.97 Å². The molecular weight excluding hydrogens is 284 g/mol. The van der Waals surface area contributed by atoms with Crippen LogP contribution in [0.2, 0.25) is 5.15 Å². The van der Waals surface area contributed by atoms with Crippen LogP contribution < -0.4 is 10.2 Å². The minimum atomic E-state index is 0.479. The number of halogens is 1. The molecule has 0 radical (unpaired) electrons. The van der Waals surface area contributed by atoms with Gasteiger partial charge in [0.05, 0.1) is 11.4 Å². The lowest BCUT2D eigenvalue weighted by atomic mass is 10.2. The van der Waals surface area contributed by atoms with Crippen LogP contribution in [-0.4, -0.2) is 24.1 Å². The van der Waals surface area contributed by atoms with Crippen LogP contribution in [-0.2, 0) is 0 Å². The Balaban J connectivity index is 1.98. The van der Waals surface area contributed by atoms with Gasteiger partial charge in [-0.1, -0.05) is 23.7 Å². The molecule has 0 amide bonds. The van der Waals surface area contributed by atoms with Gasteiger partial charge in [0.25, 0.3) is 0 Å². The predicted molar refractivity (Wildman–Crippen MR) is 87.8 cm³/mol.